The smallest absolute Gasteiger partial charge is 0.229 e. The first-order valence-electron chi connectivity index (χ1n) is 8.27. The van der Waals surface area contributed by atoms with E-state index < -0.39 is 37.3 Å². The normalized spacial score (nSPS) is 28.9. The number of hydrogen-bond acceptors (Lipinski definition) is 7. The fraction of sp³-hybridized carbons (Fsp3) is 0.444. The van der Waals surface area contributed by atoms with Gasteiger partial charge in [-0.3, -0.25) is 0 Å². The molecule has 6 nitrogen and oxygen atoms in total. The van der Waals surface area contributed by atoms with Crippen molar-refractivity contribution >= 4 is 11.3 Å². The van der Waals surface area contributed by atoms with Crippen LogP contribution in [0.4, 0.5) is 4.39 Å². The van der Waals surface area contributed by atoms with Crippen LogP contribution >= 0.6 is 11.3 Å². The maximum atomic E-state index is 13.0. The summed E-state index contributed by atoms with van der Waals surface area (Å²) in [6, 6.07) is 8.00. The lowest BCUT2D eigenvalue weighted by Gasteiger charge is -2.39. The summed E-state index contributed by atoms with van der Waals surface area (Å²) in [5.74, 6) is 0.220. The van der Waals surface area contributed by atoms with Crippen molar-refractivity contribution < 1.29 is 34.3 Å². The highest BCUT2D eigenvalue weighted by Crippen LogP contribution is 2.30. The van der Waals surface area contributed by atoms with E-state index in [-0.39, 0.29) is 5.82 Å². The van der Waals surface area contributed by atoms with Crippen molar-refractivity contribution in [1.29, 1.82) is 0 Å². The second-order valence-corrected chi connectivity index (χ2v) is 7.15. The lowest BCUT2D eigenvalue weighted by molar-refractivity contribution is -0.277. The fourth-order valence-corrected chi connectivity index (χ4v) is 3.62. The van der Waals surface area contributed by atoms with Crippen LogP contribution < -0.4 is 4.74 Å². The predicted molar refractivity (Wildman–Crippen MR) is 92.5 cm³/mol. The molecule has 0 radical (unpaired) electrons. The van der Waals surface area contributed by atoms with Gasteiger partial charge < -0.3 is 29.9 Å². The molecular weight excluding hydrogens is 363 g/mol. The van der Waals surface area contributed by atoms with Crippen molar-refractivity contribution in [2.75, 3.05) is 6.61 Å². The van der Waals surface area contributed by atoms with Gasteiger partial charge in [0, 0.05) is 4.88 Å². The molecule has 1 aliphatic rings. The Morgan fingerprint density at radius 2 is 1.73 bits per heavy atom. The number of rotatable bonds is 6. The standard InChI is InChI=1S/C18H21FO6S/c19-11-4-1-10(2-5-11)3-6-14-12(7-8-26-14)24-18-17(23)16(22)15(21)13(9-20)25-18/h1-2,4-5,7-8,13,15-18,20-23H,3,6,9H2. The van der Waals surface area contributed by atoms with Gasteiger partial charge in [-0.2, -0.15) is 0 Å². The van der Waals surface area contributed by atoms with Crippen molar-refractivity contribution in [1.82, 2.24) is 0 Å². The topological polar surface area (TPSA) is 99.4 Å². The van der Waals surface area contributed by atoms with Gasteiger partial charge in [-0.05, 0) is 42.0 Å². The van der Waals surface area contributed by atoms with Crippen LogP contribution in [-0.4, -0.2) is 57.7 Å². The molecule has 1 aliphatic heterocycles. The second-order valence-electron chi connectivity index (χ2n) is 6.15. The molecule has 0 saturated carbocycles. The average Bonchev–Trinajstić information content (AvgIpc) is 3.09. The molecule has 142 valence electrons. The van der Waals surface area contributed by atoms with E-state index in [9.17, 15) is 24.8 Å². The Kier molecular flexibility index (Phi) is 6.23. The molecule has 5 unspecified atom stereocenters. The SMILES string of the molecule is OCC1OC(Oc2ccsc2CCc2ccc(F)cc2)C(O)C(O)C1O. The van der Waals surface area contributed by atoms with Crippen LogP contribution in [0.5, 0.6) is 5.75 Å². The van der Waals surface area contributed by atoms with Gasteiger partial charge in [-0.25, -0.2) is 4.39 Å². The van der Waals surface area contributed by atoms with Crippen LogP contribution in [0.3, 0.4) is 0 Å². The molecule has 1 aromatic carbocycles. The van der Waals surface area contributed by atoms with Crippen LogP contribution in [0, 0.1) is 5.82 Å². The van der Waals surface area contributed by atoms with Gasteiger partial charge in [0.05, 0.1) is 6.61 Å². The molecule has 0 amide bonds. The molecule has 1 saturated heterocycles. The zero-order chi connectivity index (χ0) is 18.7. The molecule has 2 aromatic rings. The summed E-state index contributed by atoms with van der Waals surface area (Å²) < 4.78 is 24.0. The molecular formula is C18H21FO6S. The number of hydrogen-bond donors (Lipinski definition) is 4. The first-order valence-corrected chi connectivity index (χ1v) is 9.15. The zero-order valence-electron chi connectivity index (χ0n) is 13.9. The third kappa shape index (κ3) is 4.22. The number of thiophene rings is 1. The summed E-state index contributed by atoms with van der Waals surface area (Å²) in [6.45, 7) is -0.508. The van der Waals surface area contributed by atoms with Crippen molar-refractivity contribution in [3.63, 3.8) is 0 Å². The number of benzene rings is 1. The van der Waals surface area contributed by atoms with E-state index in [2.05, 4.69) is 0 Å². The van der Waals surface area contributed by atoms with Gasteiger partial charge in [0.15, 0.2) is 0 Å². The van der Waals surface area contributed by atoms with E-state index >= 15 is 0 Å². The van der Waals surface area contributed by atoms with Crippen molar-refractivity contribution in [2.45, 2.75) is 43.5 Å². The quantitative estimate of drug-likeness (QED) is 0.589. The van der Waals surface area contributed by atoms with Gasteiger partial charge in [0.2, 0.25) is 6.29 Å². The zero-order valence-corrected chi connectivity index (χ0v) is 14.7. The Labute approximate surface area is 154 Å². The third-order valence-corrected chi connectivity index (χ3v) is 5.31. The van der Waals surface area contributed by atoms with E-state index in [1.54, 1.807) is 18.2 Å². The maximum Gasteiger partial charge on any atom is 0.229 e. The largest absolute Gasteiger partial charge is 0.461 e. The molecule has 4 N–H and O–H groups in total. The number of aliphatic hydroxyl groups excluding tert-OH is 4. The van der Waals surface area contributed by atoms with Crippen LogP contribution in [0.2, 0.25) is 0 Å². The minimum atomic E-state index is -1.48. The van der Waals surface area contributed by atoms with Crippen molar-refractivity contribution in [3.8, 4) is 5.75 Å². The van der Waals surface area contributed by atoms with Crippen LogP contribution in [-0.2, 0) is 17.6 Å². The Morgan fingerprint density at radius 1 is 1.00 bits per heavy atom. The Morgan fingerprint density at radius 3 is 2.42 bits per heavy atom. The highest BCUT2D eigenvalue weighted by molar-refractivity contribution is 7.10. The van der Waals surface area contributed by atoms with E-state index in [4.69, 9.17) is 9.47 Å². The van der Waals surface area contributed by atoms with Crippen LogP contribution in [0.1, 0.15) is 10.4 Å². The highest BCUT2D eigenvalue weighted by atomic mass is 32.1. The van der Waals surface area contributed by atoms with E-state index in [0.29, 0.717) is 18.6 Å². The second kappa shape index (κ2) is 8.43. The Balaban J connectivity index is 1.65. The third-order valence-electron chi connectivity index (χ3n) is 4.35. The minimum Gasteiger partial charge on any atom is -0.461 e. The molecule has 26 heavy (non-hydrogen) atoms. The molecule has 1 fully saturated rings. The summed E-state index contributed by atoms with van der Waals surface area (Å²) in [6.07, 6.45) is -5.23. The van der Waals surface area contributed by atoms with E-state index in [1.807, 2.05) is 5.38 Å². The molecule has 0 spiro atoms. The summed E-state index contributed by atoms with van der Waals surface area (Å²) in [4.78, 5) is 0.909. The Hall–Kier alpha value is -1.55. The minimum absolute atomic E-state index is 0.281. The number of halogens is 1. The van der Waals surface area contributed by atoms with Crippen LogP contribution in [0.25, 0.3) is 0 Å². The van der Waals surface area contributed by atoms with Gasteiger partial charge in [0.1, 0.15) is 36.0 Å². The lowest BCUT2D eigenvalue weighted by Crippen LogP contribution is -2.60. The van der Waals surface area contributed by atoms with Gasteiger partial charge >= 0.3 is 0 Å². The summed E-state index contributed by atoms with van der Waals surface area (Å²) in [7, 11) is 0. The molecule has 2 heterocycles. The van der Waals surface area contributed by atoms with E-state index in [0.717, 1.165) is 10.4 Å². The lowest BCUT2D eigenvalue weighted by atomic mass is 9.99. The highest BCUT2D eigenvalue weighted by Gasteiger charge is 2.44. The molecule has 0 bridgehead atoms. The average molecular weight is 384 g/mol. The molecule has 5 atom stereocenters. The summed E-state index contributed by atoms with van der Waals surface area (Å²) >= 11 is 1.47. The first-order chi connectivity index (χ1) is 12.5. The summed E-state index contributed by atoms with van der Waals surface area (Å²) in [5.41, 5.74) is 0.985. The monoisotopic (exact) mass is 384 g/mol. The van der Waals surface area contributed by atoms with Gasteiger partial charge in [0.25, 0.3) is 0 Å². The molecule has 1 aromatic heterocycles. The number of aliphatic hydroxyl groups is 4. The fourth-order valence-electron chi connectivity index (χ4n) is 2.81. The predicted octanol–water partition coefficient (Wildman–Crippen LogP) is 0.851. The Bertz CT molecular complexity index is 704. The van der Waals surface area contributed by atoms with E-state index in [1.165, 1.54) is 23.5 Å². The first kappa shape index (κ1) is 19.2. The van der Waals surface area contributed by atoms with Gasteiger partial charge in [-0.1, -0.05) is 12.1 Å². The van der Waals surface area contributed by atoms with Crippen molar-refractivity contribution in [3.05, 3.63) is 52.0 Å². The molecule has 8 heteroatoms. The van der Waals surface area contributed by atoms with Crippen molar-refractivity contribution in [2.24, 2.45) is 0 Å². The maximum absolute atomic E-state index is 13.0. The molecule has 0 aliphatic carbocycles. The van der Waals surface area contributed by atoms with Gasteiger partial charge in [-0.15, -0.1) is 11.3 Å². The number of aryl methyl sites for hydroxylation is 2. The summed E-state index contributed by atoms with van der Waals surface area (Å²) in [5, 5.41) is 40.8. The molecule has 3 rings (SSSR count). The number of ether oxygens (including phenoxy) is 2. The van der Waals surface area contributed by atoms with Crippen LogP contribution in [0.15, 0.2) is 35.7 Å².